The molecule has 0 radical (unpaired) electrons. The van der Waals surface area contributed by atoms with Gasteiger partial charge in [-0.3, -0.25) is 0 Å². The van der Waals surface area contributed by atoms with E-state index in [0.29, 0.717) is 0 Å². The molecule has 0 saturated carbocycles. The lowest BCUT2D eigenvalue weighted by Crippen LogP contribution is -2.27. The van der Waals surface area contributed by atoms with Crippen LogP contribution in [-0.2, 0) is 6.54 Å². The van der Waals surface area contributed by atoms with Gasteiger partial charge < -0.3 is 16.4 Å². The van der Waals surface area contributed by atoms with Gasteiger partial charge in [-0.15, -0.1) is 0 Å². The fraction of sp³-hybridized carbons (Fsp3) is 0.286. The van der Waals surface area contributed by atoms with Crippen molar-refractivity contribution in [3.63, 3.8) is 0 Å². The summed E-state index contributed by atoms with van der Waals surface area (Å²) >= 11 is 0. The molecule has 1 aromatic rings. The minimum atomic E-state index is 0.737. The van der Waals surface area contributed by atoms with Gasteiger partial charge >= 0.3 is 0 Å². The molecule has 0 aliphatic carbocycles. The third kappa shape index (κ3) is 4.64. The van der Waals surface area contributed by atoms with E-state index in [4.69, 9.17) is 11.5 Å². The second-order valence-electron chi connectivity index (χ2n) is 4.00. The normalized spacial score (nSPS) is 12.6. The Morgan fingerprint density at radius 1 is 1.18 bits per heavy atom. The smallest absolute Gasteiger partial charge is 0.0989 e. The van der Waals surface area contributed by atoms with Crippen LogP contribution in [0.5, 0.6) is 0 Å². The van der Waals surface area contributed by atoms with Crippen molar-refractivity contribution in [3.05, 3.63) is 59.6 Å². The van der Waals surface area contributed by atoms with Crippen LogP contribution in [0, 0.1) is 0 Å². The predicted octanol–water partition coefficient (Wildman–Crippen LogP) is 2.17. The molecule has 3 heteroatoms. The first kappa shape index (κ1) is 13.2. The van der Waals surface area contributed by atoms with Crippen LogP contribution in [-0.4, -0.2) is 11.4 Å². The summed E-state index contributed by atoms with van der Waals surface area (Å²) in [6, 6.07) is 10.3. The van der Waals surface area contributed by atoms with Gasteiger partial charge in [0.2, 0.25) is 0 Å². The predicted molar refractivity (Wildman–Crippen MR) is 72.7 cm³/mol. The first-order chi connectivity index (χ1) is 8.13. The highest BCUT2D eigenvalue weighted by molar-refractivity contribution is 5.17. The summed E-state index contributed by atoms with van der Waals surface area (Å²) in [5.41, 5.74) is 13.6. The van der Waals surface area contributed by atoms with Crippen molar-refractivity contribution in [1.29, 1.82) is 0 Å². The van der Waals surface area contributed by atoms with E-state index in [-0.39, 0.29) is 0 Å². The number of rotatable bonds is 5. The minimum absolute atomic E-state index is 0.737. The molecule has 0 aromatic heterocycles. The summed E-state index contributed by atoms with van der Waals surface area (Å²) in [6.45, 7) is 5.62. The maximum Gasteiger partial charge on any atom is 0.0989 e. The van der Waals surface area contributed by atoms with Crippen molar-refractivity contribution < 1.29 is 0 Å². The zero-order chi connectivity index (χ0) is 12.7. The van der Waals surface area contributed by atoms with Gasteiger partial charge in [0.15, 0.2) is 0 Å². The third-order valence-electron chi connectivity index (χ3n) is 2.48. The van der Waals surface area contributed by atoms with Gasteiger partial charge in [-0.1, -0.05) is 30.3 Å². The van der Waals surface area contributed by atoms with Crippen LogP contribution in [0.25, 0.3) is 0 Å². The number of hydrogen-bond donors (Lipinski definition) is 2. The molecule has 1 rings (SSSR count). The Balaban J connectivity index is 2.72. The number of hydrogen-bond acceptors (Lipinski definition) is 3. The fourth-order valence-electron chi connectivity index (χ4n) is 1.51. The molecule has 0 heterocycles. The molecule has 0 amide bonds. The fourth-order valence-corrected chi connectivity index (χ4v) is 1.51. The molecule has 0 saturated heterocycles. The van der Waals surface area contributed by atoms with Crippen LogP contribution in [0.1, 0.15) is 19.4 Å². The summed E-state index contributed by atoms with van der Waals surface area (Å²) < 4.78 is 0. The van der Waals surface area contributed by atoms with E-state index < -0.39 is 0 Å². The Morgan fingerprint density at radius 2 is 1.82 bits per heavy atom. The molecule has 0 aliphatic rings. The lowest BCUT2D eigenvalue weighted by Gasteiger charge is -2.23. The topological polar surface area (TPSA) is 55.3 Å². The van der Waals surface area contributed by atoms with Crippen molar-refractivity contribution in [2.24, 2.45) is 11.5 Å². The Kier molecular flexibility index (Phi) is 5.14. The quantitative estimate of drug-likeness (QED) is 0.764. The lowest BCUT2D eigenvalue weighted by atomic mass is 10.2. The molecular formula is C14H21N3. The number of nitrogens with zero attached hydrogens (tertiary/aromatic N) is 1. The molecular weight excluding hydrogens is 210 g/mol. The van der Waals surface area contributed by atoms with Gasteiger partial charge in [0.1, 0.15) is 0 Å². The molecule has 0 unspecified atom stereocenters. The van der Waals surface area contributed by atoms with Gasteiger partial charge in [-0.05, 0) is 31.6 Å². The van der Waals surface area contributed by atoms with Gasteiger partial charge in [0.05, 0.1) is 5.82 Å². The van der Waals surface area contributed by atoms with Crippen molar-refractivity contribution >= 4 is 0 Å². The Bertz CT molecular complexity index is 389. The summed E-state index contributed by atoms with van der Waals surface area (Å²) in [6.07, 6.45) is 3.67. The number of allylic oxidation sites excluding steroid dienone is 3. The van der Waals surface area contributed by atoms with E-state index in [0.717, 1.165) is 24.6 Å². The second kappa shape index (κ2) is 6.63. The van der Waals surface area contributed by atoms with Crippen LogP contribution < -0.4 is 11.5 Å². The van der Waals surface area contributed by atoms with Crippen molar-refractivity contribution in [2.45, 2.75) is 20.4 Å². The van der Waals surface area contributed by atoms with Gasteiger partial charge in [0, 0.05) is 18.8 Å². The molecule has 92 valence electrons. The van der Waals surface area contributed by atoms with Crippen LogP contribution in [0.15, 0.2) is 54.0 Å². The molecule has 4 N–H and O–H groups in total. The maximum absolute atomic E-state index is 6.01. The monoisotopic (exact) mass is 231 g/mol. The summed E-state index contributed by atoms with van der Waals surface area (Å²) in [7, 11) is 0. The highest BCUT2D eigenvalue weighted by Crippen LogP contribution is 2.07. The summed E-state index contributed by atoms with van der Waals surface area (Å²) in [5.74, 6) is 0.737. The molecule has 0 fully saturated rings. The van der Waals surface area contributed by atoms with E-state index in [1.165, 1.54) is 5.56 Å². The molecule has 3 nitrogen and oxygen atoms in total. The zero-order valence-corrected chi connectivity index (χ0v) is 10.6. The van der Waals surface area contributed by atoms with E-state index in [9.17, 15) is 0 Å². The van der Waals surface area contributed by atoms with Crippen molar-refractivity contribution in [2.75, 3.05) is 6.54 Å². The molecule has 1 aromatic carbocycles. The second-order valence-corrected chi connectivity index (χ2v) is 4.00. The number of nitrogens with two attached hydrogens (primary N) is 2. The van der Waals surface area contributed by atoms with Gasteiger partial charge in [0.25, 0.3) is 0 Å². The lowest BCUT2D eigenvalue weighted by molar-refractivity contribution is 0.351. The Morgan fingerprint density at radius 3 is 2.35 bits per heavy atom. The molecule has 0 bridgehead atoms. The largest absolute Gasteiger partial charge is 0.402 e. The minimum Gasteiger partial charge on any atom is -0.402 e. The Labute approximate surface area is 103 Å². The zero-order valence-electron chi connectivity index (χ0n) is 10.6. The summed E-state index contributed by atoms with van der Waals surface area (Å²) in [4.78, 5) is 2.11. The maximum atomic E-state index is 6.01. The molecule has 17 heavy (non-hydrogen) atoms. The SMILES string of the molecule is CCN(Cc1ccccc1)/C(N)=C/C=C(/C)N. The summed E-state index contributed by atoms with van der Waals surface area (Å²) in [5, 5.41) is 0. The van der Waals surface area contributed by atoms with E-state index in [2.05, 4.69) is 24.0 Å². The van der Waals surface area contributed by atoms with Gasteiger partial charge in [-0.25, -0.2) is 0 Å². The first-order valence-electron chi connectivity index (χ1n) is 5.82. The highest BCUT2D eigenvalue weighted by atomic mass is 15.2. The standard InChI is InChI=1S/C14H21N3/c1-3-17(14(16)10-9-12(2)15)11-13-7-5-4-6-8-13/h4-10H,3,11,15-16H2,1-2H3/b12-9-,14-10+. The van der Waals surface area contributed by atoms with Crippen LogP contribution in [0.2, 0.25) is 0 Å². The van der Waals surface area contributed by atoms with Gasteiger partial charge in [-0.2, -0.15) is 0 Å². The number of benzene rings is 1. The average molecular weight is 231 g/mol. The highest BCUT2D eigenvalue weighted by Gasteiger charge is 2.03. The van der Waals surface area contributed by atoms with E-state index >= 15 is 0 Å². The van der Waals surface area contributed by atoms with E-state index in [1.807, 2.05) is 37.3 Å². The molecule has 0 spiro atoms. The van der Waals surface area contributed by atoms with Crippen LogP contribution >= 0.6 is 0 Å². The molecule has 0 atom stereocenters. The Hall–Kier alpha value is -1.90. The first-order valence-corrected chi connectivity index (χ1v) is 5.82. The third-order valence-corrected chi connectivity index (χ3v) is 2.48. The average Bonchev–Trinajstić information content (AvgIpc) is 2.34. The van der Waals surface area contributed by atoms with Crippen LogP contribution in [0.3, 0.4) is 0 Å². The van der Waals surface area contributed by atoms with Crippen LogP contribution in [0.4, 0.5) is 0 Å². The van der Waals surface area contributed by atoms with Crippen molar-refractivity contribution in [3.8, 4) is 0 Å². The molecule has 0 aliphatic heterocycles. The van der Waals surface area contributed by atoms with E-state index in [1.54, 1.807) is 0 Å². The van der Waals surface area contributed by atoms with Crippen molar-refractivity contribution in [1.82, 2.24) is 4.90 Å².